The first-order valence-electron chi connectivity index (χ1n) is 10.1. The summed E-state index contributed by atoms with van der Waals surface area (Å²) in [6.45, 7) is 3.76. The van der Waals surface area contributed by atoms with Crippen LogP contribution < -0.4 is 5.32 Å². The van der Waals surface area contributed by atoms with Crippen molar-refractivity contribution in [3.8, 4) is 0 Å². The number of hydrogen-bond donors (Lipinski definition) is 2. The molecular weight excluding hydrogens is 428 g/mol. The number of hydrogen-bond acceptors (Lipinski definition) is 6. The molecule has 2 unspecified atom stereocenters. The highest BCUT2D eigenvalue weighted by Crippen LogP contribution is 2.71. The van der Waals surface area contributed by atoms with E-state index in [0.717, 1.165) is 6.42 Å². The Morgan fingerprint density at radius 1 is 1.33 bits per heavy atom. The molecule has 4 rings (SSSR count). The van der Waals surface area contributed by atoms with E-state index >= 15 is 0 Å². The van der Waals surface area contributed by atoms with Gasteiger partial charge in [-0.1, -0.05) is 11.6 Å². The van der Waals surface area contributed by atoms with Gasteiger partial charge in [-0.05, 0) is 51.0 Å². The number of halogens is 1. The van der Waals surface area contributed by atoms with Gasteiger partial charge in [0.2, 0.25) is 11.8 Å². The minimum absolute atomic E-state index is 0.0443. The molecule has 2 amide bonds. The lowest BCUT2D eigenvalue weighted by molar-refractivity contribution is -0.155. The summed E-state index contributed by atoms with van der Waals surface area (Å²) >= 11 is 7.50. The predicted octanol–water partition coefficient (Wildman–Crippen LogP) is 2.32. The molecule has 3 fully saturated rings. The van der Waals surface area contributed by atoms with Gasteiger partial charge < -0.3 is 20.1 Å². The summed E-state index contributed by atoms with van der Waals surface area (Å²) in [7, 11) is 0. The molecule has 9 heteroatoms. The number of fused-ring (bicyclic) bond motifs is 1. The Morgan fingerprint density at radius 2 is 2.03 bits per heavy atom. The number of benzene rings is 1. The van der Waals surface area contributed by atoms with E-state index in [1.165, 1.54) is 4.90 Å². The molecule has 2 bridgehead atoms. The molecule has 1 aromatic carbocycles. The zero-order valence-corrected chi connectivity index (χ0v) is 18.5. The zero-order chi connectivity index (χ0) is 21.7. The summed E-state index contributed by atoms with van der Waals surface area (Å²) in [5.74, 6) is -2.18. The van der Waals surface area contributed by atoms with E-state index in [1.807, 2.05) is 6.92 Å². The Balaban J connectivity index is 1.71. The van der Waals surface area contributed by atoms with Crippen molar-refractivity contribution in [3.05, 3.63) is 29.3 Å². The molecule has 1 aromatic rings. The van der Waals surface area contributed by atoms with Crippen LogP contribution in [0.3, 0.4) is 0 Å². The molecule has 3 heterocycles. The molecule has 30 heavy (non-hydrogen) atoms. The summed E-state index contributed by atoms with van der Waals surface area (Å²) in [4.78, 5) is 41.1. The zero-order valence-electron chi connectivity index (χ0n) is 16.9. The van der Waals surface area contributed by atoms with Crippen molar-refractivity contribution in [2.24, 2.45) is 11.8 Å². The second kappa shape index (κ2) is 7.73. The van der Waals surface area contributed by atoms with E-state index in [1.54, 1.807) is 43.0 Å². The smallest absolute Gasteiger partial charge is 0.311 e. The van der Waals surface area contributed by atoms with Crippen molar-refractivity contribution in [3.63, 3.8) is 0 Å². The van der Waals surface area contributed by atoms with E-state index in [2.05, 4.69) is 5.32 Å². The number of thioether (sulfide) groups is 1. The highest BCUT2D eigenvalue weighted by molar-refractivity contribution is 8.02. The first-order valence-corrected chi connectivity index (χ1v) is 11.3. The second-order valence-electron chi connectivity index (χ2n) is 8.23. The van der Waals surface area contributed by atoms with E-state index in [9.17, 15) is 19.5 Å². The number of aliphatic hydroxyl groups excluding tert-OH is 1. The van der Waals surface area contributed by atoms with Crippen LogP contribution in [0.5, 0.6) is 0 Å². The minimum Gasteiger partial charge on any atom is -0.466 e. The molecule has 0 radical (unpaired) electrons. The lowest BCUT2D eigenvalue weighted by Crippen LogP contribution is -2.52. The van der Waals surface area contributed by atoms with E-state index < -0.39 is 27.4 Å². The summed E-state index contributed by atoms with van der Waals surface area (Å²) in [5, 5.41) is 13.0. The van der Waals surface area contributed by atoms with Crippen molar-refractivity contribution in [2.75, 3.05) is 25.1 Å². The van der Waals surface area contributed by atoms with Crippen LogP contribution >= 0.6 is 23.4 Å². The molecule has 162 valence electrons. The van der Waals surface area contributed by atoms with Crippen LogP contribution in [0.2, 0.25) is 5.02 Å². The molecule has 7 nitrogen and oxygen atoms in total. The third-order valence-corrected chi connectivity index (χ3v) is 8.76. The average Bonchev–Trinajstić information content (AvgIpc) is 3.25. The number of ether oxygens (including phenoxy) is 1. The monoisotopic (exact) mass is 452 g/mol. The van der Waals surface area contributed by atoms with Crippen molar-refractivity contribution in [2.45, 2.75) is 42.2 Å². The van der Waals surface area contributed by atoms with Crippen LogP contribution in [0.1, 0.15) is 26.7 Å². The molecule has 1 spiro atoms. The standard InChI is InChI=1S/C21H25ClN2O5S/c1-3-29-19(28)15-14-18(27)24(10-11-25)16(21(14)9-8-20(15,2)30-21)17(26)23-13-6-4-12(22)5-7-13/h4-7,14-16,25H,3,8-11H2,1-2H3,(H,23,26)/t14-,15+,16?,20-,21?/m0/s1. The molecule has 5 atom stereocenters. The second-order valence-corrected chi connectivity index (χ2v) is 10.6. The summed E-state index contributed by atoms with van der Waals surface area (Å²) in [6.07, 6.45) is 1.38. The topological polar surface area (TPSA) is 95.9 Å². The van der Waals surface area contributed by atoms with Crippen LogP contribution in [0, 0.1) is 11.8 Å². The normalized spacial score (nSPS) is 34.2. The highest BCUT2D eigenvalue weighted by Gasteiger charge is 2.77. The minimum atomic E-state index is -0.774. The molecule has 3 aliphatic heterocycles. The van der Waals surface area contributed by atoms with Crippen molar-refractivity contribution in [1.82, 2.24) is 4.90 Å². The number of amides is 2. The maximum atomic E-state index is 13.4. The van der Waals surface area contributed by atoms with Gasteiger partial charge in [-0.2, -0.15) is 0 Å². The highest BCUT2D eigenvalue weighted by atomic mass is 35.5. The third kappa shape index (κ3) is 3.11. The number of carbonyl (C=O) groups is 3. The van der Waals surface area contributed by atoms with E-state index in [0.29, 0.717) is 17.1 Å². The van der Waals surface area contributed by atoms with Gasteiger partial charge in [0.05, 0.1) is 29.8 Å². The van der Waals surface area contributed by atoms with Crippen LogP contribution in [-0.4, -0.2) is 63.1 Å². The van der Waals surface area contributed by atoms with Gasteiger partial charge in [-0.15, -0.1) is 11.8 Å². The van der Waals surface area contributed by atoms with Gasteiger partial charge in [0.25, 0.3) is 0 Å². The molecule has 3 saturated heterocycles. The Bertz CT molecular complexity index is 881. The Morgan fingerprint density at radius 3 is 2.67 bits per heavy atom. The maximum absolute atomic E-state index is 13.4. The van der Waals surface area contributed by atoms with Crippen molar-refractivity contribution >= 4 is 46.8 Å². The summed E-state index contributed by atoms with van der Waals surface area (Å²) in [6, 6.07) is 5.98. The van der Waals surface area contributed by atoms with Crippen LogP contribution in [0.25, 0.3) is 0 Å². The Kier molecular flexibility index (Phi) is 5.53. The van der Waals surface area contributed by atoms with Crippen molar-refractivity contribution < 1.29 is 24.2 Å². The van der Waals surface area contributed by atoms with Gasteiger partial charge in [0.15, 0.2) is 0 Å². The fourth-order valence-corrected chi connectivity index (χ4v) is 7.88. The number of anilines is 1. The number of aliphatic hydroxyl groups is 1. The molecule has 0 saturated carbocycles. The third-order valence-electron chi connectivity index (χ3n) is 6.52. The first kappa shape index (κ1) is 21.5. The molecule has 0 aliphatic carbocycles. The van der Waals surface area contributed by atoms with E-state index in [-0.39, 0.29) is 37.5 Å². The number of nitrogens with zero attached hydrogens (tertiary/aromatic N) is 1. The Labute approximate surface area is 184 Å². The van der Waals surface area contributed by atoms with Crippen LogP contribution in [0.4, 0.5) is 5.69 Å². The predicted molar refractivity (Wildman–Crippen MR) is 114 cm³/mol. The van der Waals surface area contributed by atoms with Gasteiger partial charge in [-0.3, -0.25) is 14.4 Å². The Hall–Kier alpha value is -1.77. The fraction of sp³-hybridized carbons (Fsp3) is 0.571. The first-order chi connectivity index (χ1) is 14.3. The molecular formula is C21H25ClN2O5S. The maximum Gasteiger partial charge on any atom is 0.311 e. The largest absolute Gasteiger partial charge is 0.466 e. The number of rotatable bonds is 6. The lowest BCUT2D eigenvalue weighted by atomic mass is 9.66. The number of esters is 1. The average molecular weight is 453 g/mol. The lowest BCUT2D eigenvalue weighted by Gasteiger charge is -2.34. The molecule has 0 aromatic heterocycles. The fourth-order valence-electron chi connectivity index (χ4n) is 5.41. The number of β-amino-alcohol motifs (C(OH)–C–C–N with tert-alkyl or cyclic N) is 1. The van der Waals surface area contributed by atoms with Gasteiger partial charge in [0, 0.05) is 22.0 Å². The van der Waals surface area contributed by atoms with Crippen molar-refractivity contribution in [1.29, 1.82) is 0 Å². The molecule has 3 aliphatic rings. The SMILES string of the molecule is CCOC(=O)[C@H]1[C@H]2C(=O)N(CCO)C(C(=O)Nc3ccc(Cl)cc3)C23CC[C@]1(C)S3. The van der Waals surface area contributed by atoms with Gasteiger partial charge in [0.1, 0.15) is 6.04 Å². The number of carbonyl (C=O) groups excluding carboxylic acids is 3. The van der Waals surface area contributed by atoms with Gasteiger partial charge in [-0.25, -0.2) is 0 Å². The van der Waals surface area contributed by atoms with Crippen LogP contribution in [-0.2, 0) is 19.1 Å². The van der Waals surface area contributed by atoms with Gasteiger partial charge >= 0.3 is 5.97 Å². The number of nitrogens with one attached hydrogen (secondary N) is 1. The van der Waals surface area contributed by atoms with E-state index in [4.69, 9.17) is 16.3 Å². The quantitative estimate of drug-likeness (QED) is 0.643. The van der Waals surface area contributed by atoms with Crippen LogP contribution in [0.15, 0.2) is 24.3 Å². The molecule has 2 N–H and O–H groups in total. The summed E-state index contributed by atoms with van der Waals surface area (Å²) in [5.41, 5.74) is 0.575. The summed E-state index contributed by atoms with van der Waals surface area (Å²) < 4.78 is 4.15. The number of likely N-dealkylation sites (tertiary alicyclic amines) is 1.